The van der Waals surface area contributed by atoms with Gasteiger partial charge >= 0.3 is 6.18 Å². The van der Waals surface area contributed by atoms with Crippen molar-refractivity contribution in [3.05, 3.63) is 29.1 Å². The van der Waals surface area contributed by atoms with Crippen LogP contribution in [0.2, 0.25) is 0 Å². The Bertz CT molecular complexity index is 457. The first-order chi connectivity index (χ1) is 9.15. The predicted octanol–water partition coefficient (Wildman–Crippen LogP) is 3.97. The van der Waals surface area contributed by atoms with Crippen molar-refractivity contribution in [3.63, 3.8) is 0 Å². The summed E-state index contributed by atoms with van der Waals surface area (Å²) >= 11 is 0. The van der Waals surface area contributed by atoms with Crippen molar-refractivity contribution >= 4 is 5.69 Å². The Labute approximate surface area is 116 Å². The van der Waals surface area contributed by atoms with Crippen LogP contribution in [0.4, 0.5) is 23.2 Å². The summed E-state index contributed by atoms with van der Waals surface area (Å²) < 4.78 is 51.5. The molecule has 1 atom stereocenters. The van der Waals surface area contributed by atoms with Crippen LogP contribution < -0.4 is 4.90 Å². The molecule has 0 amide bonds. The Hall–Kier alpha value is -1.30. The molecule has 0 aliphatic rings. The molecule has 1 rings (SSSR count). The smallest absolute Gasteiger partial charge is 0.389 e. The van der Waals surface area contributed by atoms with Crippen LogP contribution in [0.3, 0.4) is 0 Å². The van der Waals surface area contributed by atoms with E-state index < -0.39 is 24.6 Å². The van der Waals surface area contributed by atoms with Crippen LogP contribution in [-0.4, -0.2) is 24.4 Å². The minimum Gasteiger partial charge on any atom is -0.389 e. The van der Waals surface area contributed by atoms with Crippen molar-refractivity contribution < 1.29 is 22.7 Å². The summed E-state index contributed by atoms with van der Waals surface area (Å²) in [5, 5.41) is 9.66. The first-order valence-corrected chi connectivity index (χ1v) is 6.45. The Morgan fingerprint density at radius 3 is 2.35 bits per heavy atom. The first kappa shape index (κ1) is 16.8. The second-order valence-electron chi connectivity index (χ2n) is 4.87. The summed E-state index contributed by atoms with van der Waals surface area (Å²) in [4.78, 5) is 1.13. The second kappa shape index (κ2) is 6.43. The maximum atomic E-state index is 13.6. The van der Waals surface area contributed by atoms with Crippen molar-refractivity contribution in [1.29, 1.82) is 0 Å². The van der Waals surface area contributed by atoms with Gasteiger partial charge in [0, 0.05) is 17.8 Å². The fraction of sp³-hybridized carbons (Fsp3) is 0.571. The quantitative estimate of drug-likeness (QED) is 0.830. The van der Waals surface area contributed by atoms with Crippen molar-refractivity contribution in [2.24, 2.45) is 0 Å². The van der Waals surface area contributed by atoms with E-state index in [2.05, 4.69) is 0 Å². The minimum atomic E-state index is -4.35. The Morgan fingerprint density at radius 1 is 1.30 bits per heavy atom. The SMILES string of the molecule is CCCN(CC(F)(F)F)c1cc(C)c(F)cc1[C@H](C)O. The van der Waals surface area contributed by atoms with Crippen LogP contribution in [0.25, 0.3) is 0 Å². The van der Waals surface area contributed by atoms with E-state index >= 15 is 0 Å². The number of hydrogen-bond acceptors (Lipinski definition) is 2. The van der Waals surface area contributed by atoms with Gasteiger partial charge in [-0.1, -0.05) is 6.92 Å². The average molecular weight is 293 g/mol. The number of hydrogen-bond donors (Lipinski definition) is 1. The number of aryl methyl sites for hydroxylation is 1. The Morgan fingerprint density at radius 2 is 1.90 bits per heavy atom. The third kappa shape index (κ3) is 4.37. The first-order valence-electron chi connectivity index (χ1n) is 6.45. The van der Waals surface area contributed by atoms with E-state index in [1.54, 1.807) is 6.92 Å². The van der Waals surface area contributed by atoms with Crippen LogP contribution >= 0.6 is 0 Å². The van der Waals surface area contributed by atoms with Gasteiger partial charge in [-0.25, -0.2) is 4.39 Å². The molecule has 0 fully saturated rings. The summed E-state index contributed by atoms with van der Waals surface area (Å²) in [5.74, 6) is -0.534. The molecule has 1 N–H and O–H groups in total. The van der Waals surface area contributed by atoms with Gasteiger partial charge in [0.15, 0.2) is 0 Å². The summed E-state index contributed by atoms with van der Waals surface area (Å²) in [5.41, 5.74) is 0.663. The fourth-order valence-corrected chi connectivity index (χ4v) is 2.06. The number of anilines is 1. The number of nitrogens with zero attached hydrogens (tertiary/aromatic N) is 1. The number of benzene rings is 1. The van der Waals surface area contributed by atoms with E-state index in [4.69, 9.17) is 0 Å². The van der Waals surface area contributed by atoms with Gasteiger partial charge in [-0.2, -0.15) is 13.2 Å². The summed E-state index contributed by atoms with van der Waals surface area (Å²) in [6.45, 7) is 3.73. The van der Waals surface area contributed by atoms with Gasteiger partial charge < -0.3 is 10.0 Å². The van der Waals surface area contributed by atoms with Crippen molar-refractivity contribution in [3.8, 4) is 0 Å². The highest BCUT2D eigenvalue weighted by Crippen LogP contribution is 2.31. The summed E-state index contributed by atoms with van der Waals surface area (Å²) in [6, 6.07) is 2.47. The zero-order valence-corrected chi connectivity index (χ0v) is 11.8. The monoisotopic (exact) mass is 293 g/mol. The molecule has 0 saturated heterocycles. The lowest BCUT2D eigenvalue weighted by atomic mass is 10.0. The molecule has 0 radical (unpaired) electrons. The van der Waals surface area contributed by atoms with Gasteiger partial charge in [0.2, 0.25) is 0 Å². The normalized spacial score (nSPS) is 13.4. The number of aliphatic hydroxyl groups excluding tert-OH is 1. The van der Waals surface area contributed by atoms with Crippen molar-refractivity contribution in [1.82, 2.24) is 0 Å². The van der Waals surface area contributed by atoms with E-state index in [0.29, 0.717) is 6.42 Å². The lowest BCUT2D eigenvalue weighted by molar-refractivity contribution is -0.119. The lowest BCUT2D eigenvalue weighted by Gasteiger charge is -2.29. The number of alkyl halides is 3. The molecule has 0 saturated carbocycles. The zero-order valence-electron chi connectivity index (χ0n) is 11.8. The second-order valence-corrected chi connectivity index (χ2v) is 4.87. The molecule has 0 heterocycles. The number of rotatable bonds is 5. The molecule has 0 aromatic heterocycles. The molecule has 1 aromatic carbocycles. The zero-order chi connectivity index (χ0) is 15.5. The third-order valence-electron chi connectivity index (χ3n) is 2.96. The third-order valence-corrected chi connectivity index (χ3v) is 2.96. The van der Waals surface area contributed by atoms with Crippen LogP contribution in [0.15, 0.2) is 12.1 Å². The molecule has 0 unspecified atom stereocenters. The largest absolute Gasteiger partial charge is 0.405 e. The topological polar surface area (TPSA) is 23.5 Å². The Balaban J connectivity index is 3.27. The molecular formula is C14H19F4NO. The van der Waals surface area contributed by atoms with Crippen molar-refractivity contribution in [2.45, 2.75) is 39.5 Å². The molecule has 0 aliphatic carbocycles. The molecule has 6 heteroatoms. The molecule has 2 nitrogen and oxygen atoms in total. The molecule has 114 valence electrons. The Kier molecular flexibility index (Phi) is 5.39. The van der Waals surface area contributed by atoms with Gasteiger partial charge in [-0.05, 0) is 38.0 Å². The van der Waals surface area contributed by atoms with Crippen molar-refractivity contribution in [2.75, 3.05) is 18.0 Å². The van der Waals surface area contributed by atoms with E-state index in [9.17, 15) is 22.7 Å². The molecular weight excluding hydrogens is 274 g/mol. The van der Waals surface area contributed by atoms with Gasteiger partial charge in [0.1, 0.15) is 12.4 Å². The molecule has 0 aliphatic heterocycles. The van der Waals surface area contributed by atoms with E-state index in [0.717, 1.165) is 11.0 Å². The summed E-state index contributed by atoms with van der Waals surface area (Å²) in [6.07, 6.45) is -4.87. The van der Waals surface area contributed by atoms with Gasteiger partial charge in [0.25, 0.3) is 0 Å². The van der Waals surface area contributed by atoms with Gasteiger partial charge in [-0.3, -0.25) is 0 Å². The number of aliphatic hydroxyl groups is 1. The maximum Gasteiger partial charge on any atom is 0.405 e. The molecule has 1 aromatic rings. The standard InChI is InChI=1S/C14H19F4NO/c1-4-5-19(8-14(16,17)18)13-6-9(2)12(15)7-11(13)10(3)20/h6-7,10,20H,4-5,8H2,1-3H3/t10-/m0/s1. The minimum absolute atomic E-state index is 0.172. The van der Waals surface area contributed by atoms with Crippen LogP contribution in [0.1, 0.15) is 37.5 Å². The maximum absolute atomic E-state index is 13.6. The highest BCUT2D eigenvalue weighted by atomic mass is 19.4. The number of halogens is 4. The van der Waals surface area contributed by atoms with E-state index in [1.165, 1.54) is 19.9 Å². The predicted molar refractivity (Wildman–Crippen MR) is 70.3 cm³/mol. The van der Waals surface area contributed by atoms with Crippen LogP contribution in [0, 0.1) is 12.7 Å². The van der Waals surface area contributed by atoms with E-state index in [1.807, 2.05) is 0 Å². The van der Waals surface area contributed by atoms with Crippen LogP contribution in [-0.2, 0) is 0 Å². The lowest BCUT2D eigenvalue weighted by Crippen LogP contribution is -2.35. The highest BCUT2D eigenvalue weighted by molar-refractivity contribution is 5.57. The van der Waals surface area contributed by atoms with E-state index in [-0.39, 0.29) is 23.4 Å². The summed E-state index contributed by atoms with van der Waals surface area (Å²) in [7, 11) is 0. The van der Waals surface area contributed by atoms with Gasteiger partial charge in [0.05, 0.1) is 6.10 Å². The molecule has 0 spiro atoms. The molecule has 20 heavy (non-hydrogen) atoms. The fourth-order valence-electron chi connectivity index (χ4n) is 2.06. The average Bonchev–Trinajstić information content (AvgIpc) is 2.29. The van der Waals surface area contributed by atoms with Gasteiger partial charge in [-0.15, -0.1) is 0 Å². The molecule has 0 bridgehead atoms. The van der Waals surface area contributed by atoms with Crippen LogP contribution in [0.5, 0.6) is 0 Å². The highest BCUT2D eigenvalue weighted by Gasteiger charge is 2.32.